The van der Waals surface area contributed by atoms with Crippen LogP contribution < -0.4 is 15.7 Å². The van der Waals surface area contributed by atoms with Gasteiger partial charge in [-0.15, -0.1) is 12.4 Å². The monoisotopic (exact) mass is 426 g/mol. The summed E-state index contributed by atoms with van der Waals surface area (Å²) in [6.07, 6.45) is 1.82. The van der Waals surface area contributed by atoms with Crippen LogP contribution in [0.25, 0.3) is 11.0 Å². The summed E-state index contributed by atoms with van der Waals surface area (Å²) in [6, 6.07) is 5.01. The third-order valence-corrected chi connectivity index (χ3v) is 5.17. The van der Waals surface area contributed by atoms with E-state index in [-0.39, 0.29) is 24.1 Å². The van der Waals surface area contributed by atoms with Crippen LogP contribution in [0.2, 0.25) is 0 Å². The zero-order valence-electron chi connectivity index (χ0n) is 17.3. The molecule has 1 N–H and O–H groups in total. The van der Waals surface area contributed by atoms with Gasteiger partial charge in [0.1, 0.15) is 11.3 Å². The molecule has 1 fully saturated rings. The summed E-state index contributed by atoms with van der Waals surface area (Å²) in [5.74, 6) is 0.588. The summed E-state index contributed by atoms with van der Waals surface area (Å²) < 4.78 is 13.7. The van der Waals surface area contributed by atoms with Crippen molar-refractivity contribution in [2.75, 3.05) is 40.0 Å². The van der Waals surface area contributed by atoms with Gasteiger partial charge in [0.15, 0.2) is 0 Å². The molecule has 8 nitrogen and oxygen atoms in total. The van der Waals surface area contributed by atoms with E-state index in [4.69, 9.17) is 9.47 Å². The van der Waals surface area contributed by atoms with Gasteiger partial charge >= 0.3 is 11.7 Å². The van der Waals surface area contributed by atoms with Gasteiger partial charge in [0.2, 0.25) is 0 Å². The van der Waals surface area contributed by atoms with Gasteiger partial charge in [-0.2, -0.15) is 0 Å². The maximum absolute atomic E-state index is 13.2. The number of rotatable bonds is 7. The van der Waals surface area contributed by atoms with Gasteiger partial charge < -0.3 is 14.8 Å². The molecule has 0 radical (unpaired) electrons. The lowest BCUT2D eigenvalue weighted by molar-refractivity contribution is 0.0364. The number of hydrogen-bond acceptors (Lipinski definition) is 5. The molecule has 1 atom stereocenters. The number of para-hydroxylation sites is 1. The summed E-state index contributed by atoms with van der Waals surface area (Å²) in [4.78, 5) is 28.3. The van der Waals surface area contributed by atoms with Crippen molar-refractivity contribution in [3.8, 4) is 5.75 Å². The quantitative estimate of drug-likeness (QED) is 0.735. The number of aromatic nitrogens is 2. The van der Waals surface area contributed by atoms with Crippen LogP contribution in [0.4, 0.5) is 4.79 Å². The van der Waals surface area contributed by atoms with Gasteiger partial charge in [-0.3, -0.25) is 9.47 Å². The van der Waals surface area contributed by atoms with Crippen molar-refractivity contribution >= 4 is 29.5 Å². The molecule has 9 heteroatoms. The fourth-order valence-electron chi connectivity index (χ4n) is 3.70. The average Bonchev–Trinajstić information content (AvgIpc) is 2.98. The minimum atomic E-state index is -0.394. The molecule has 2 heterocycles. The molecule has 0 bridgehead atoms. The van der Waals surface area contributed by atoms with Crippen molar-refractivity contribution in [3.05, 3.63) is 28.7 Å². The highest BCUT2D eigenvalue weighted by Gasteiger charge is 2.22. The lowest BCUT2D eigenvalue weighted by Gasteiger charge is -2.26. The summed E-state index contributed by atoms with van der Waals surface area (Å²) >= 11 is 0. The molecule has 0 saturated carbocycles. The molecule has 1 amide bonds. The van der Waals surface area contributed by atoms with Gasteiger partial charge in [0.05, 0.1) is 25.8 Å². The van der Waals surface area contributed by atoms with Gasteiger partial charge in [-0.1, -0.05) is 19.4 Å². The standard InChI is InChI=1S/C20H30N4O4.ClH/c1-4-6-15(2)21-19(25)24-16-7-5-8-17(27-3)18(16)23(20(24)26)10-9-22-11-13-28-14-12-22;/h5,7-8,15H,4,6,9-14H2,1-3H3,(H,21,25);1H/t15-;/m0./s1. The highest BCUT2D eigenvalue weighted by Crippen LogP contribution is 2.24. The molecule has 1 aliphatic heterocycles. The number of methoxy groups -OCH3 is 1. The predicted octanol–water partition coefficient (Wildman–Crippen LogP) is 2.31. The summed E-state index contributed by atoms with van der Waals surface area (Å²) in [6.45, 7) is 8.32. The number of halogens is 1. The van der Waals surface area contributed by atoms with E-state index in [1.807, 2.05) is 13.0 Å². The first kappa shape index (κ1) is 23.3. The molecule has 1 saturated heterocycles. The molecule has 3 rings (SSSR count). The van der Waals surface area contributed by atoms with Gasteiger partial charge in [-0.05, 0) is 25.5 Å². The molecule has 162 valence electrons. The van der Waals surface area contributed by atoms with Crippen molar-refractivity contribution < 1.29 is 14.3 Å². The van der Waals surface area contributed by atoms with E-state index < -0.39 is 6.03 Å². The second-order valence-electron chi connectivity index (χ2n) is 7.19. The Morgan fingerprint density at radius 2 is 2.00 bits per heavy atom. The molecule has 29 heavy (non-hydrogen) atoms. The second kappa shape index (κ2) is 10.7. The van der Waals surface area contributed by atoms with Gasteiger partial charge in [0.25, 0.3) is 0 Å². The first-order chi connectivity index (χ1) is 13.6. The fourth-order valence-corrected chi connectivity index (χ4v) is 3.70. The van der Waals surface area contributed by atoms with Crippen molar-refractivity contribution in [2.24, 2.45) is 0 Å². The molecule has 0 unspecified atom stereocenters. The van der Waals surface area contributed by atoms with Crippen molar-refractivity contribution in [1.82, 2.24) is 19.4 Å². The molecule has 1 aliphatic rings. The molecular weight excluding hydrogens is 396 g/mol. The average molecular weight is 427 g/mol. The van der Waals surface area contributed by atoms with Gasteiger partial charge in [-0.25, -0.2) is 14.2 Å². The smallest absolute Gasteiger partial charge is 0.337 e. The number of imidazole rings is 1. The van der Waals surface area contributed by atoms with E-state index in [1.165, 1.54) is 4.57 Å². The van der Waals surface area contributed by atoms with E-state index in [2.05, 4.69) is 17.1 Å². The normalized spacial score (nSPS) is 15.7. The number of carbonyl (C=O) groups excluding carboxylic acids is 1. The van der Waals surface area contributed by atoms with E-state index in [9.17, 15) is 9.59 Å². The van der Waals surface area contributed by atoms with Crippen molar-refractivity contribution in [1.29, 1.82) is 0 Å². The van der Waals surface area contributed by atoms with E-state index in [0.29, 0.717) is 43.1 Å². The minimum absolute atomic E-state index is 0. The molecule has 0 spiro atoms. The van der Waals surface area contributed by atoms with Crippen LogP contribution in [-0.4, -0.2) is 66.1 Å². The molecule has 2 aromatic rings. The second-order valence-corrected chi connectivity index (χ2v) is 7.19. The molecule has 0 aliphatic carbocycles. The van der Waals surface area contributed by atoms with E-state index >= 15 is 0 Å². The Morgan fingerprint density at radius 3 is 2.66 bits per heavy atom. The zero-order valence-corrected chi connectivity index (χ0v) is 18.2. The number of benzene rings is 1. The maximum atomic E-state index is 13.2. The summed E-state index contributed by atoms with van der Waals surface area (Å²) in [5.41, 5.74) is 0.878. The molecular formula is C20H31ClN4O4. The van der Waals surface area contributed by atoms with Crippen molar-refractivity contribution in [3.63, 3.8) is 0 Å². The number of nitrogens with one attached hydrogen (secondary N) is 1. The Morgan fingerprint density at radius 1 is 1.28 bits per heavy atom. The Hall–Kier alpha value is -2.03. The van der Waals surface area contributed by atoms with Gasteiger partial charge in [0, 0.05) is 32.2 Å². The largest absolute Gasteiger partial charge is 0.494 e. The number of morpholine rings is 1. The number of carbonyl (C=O) groups is 1. The fraction of sp³-hybridized carbons (Fsp3) is 0.600. The summed E-state index contributed by atoms with van der Waals surface area (Å²) in [5, 5.41) is 2.93. The Kier molecular flexibility index (Phi) is 8.55. The van der Waals surface area contributed by atoms with Crippen LogP contribution in [0, 0.1) is 0 Å². The molecule has 1 aromatic carbocycles. The van der Waals surface area contributed by atoms with Crippen LogP contribution in [-0.2, 0) is 11.3 Å². The molecule has 1 aromatic heterocycles. The highest BCUT2D eigenvalue weighted by molar-refractivity contribution is 5.92. The maximum Gasteiger partial charge on any atom is 0.337 e. The number of nitrogens with zero attached hydrogens (tertiary/aromatic N) is 3. The number of fused-ring (bicyclic) bond motifs is 1. The first-order valence-corrected chi connectivity index (χ1v) is 9.96. The van der Waals surface area contributed by atoms with Crippen molar-refractivity contribution in [2.45, 2.75) is 39.3 Å². The number of ether oxygens (including phenoxy) is 2. The Balaban J connectivity index is 0.00000300. The highest BCUT2D eigenvalue weighted by atomic mass is 35.5. The minimum Gasteiger partial charge on any atom is -0.494 e. The van der Waals surface area contributed by atoms with E-state index in [1.54, 1.807) is 23.8 Å². The summed E-state index contributed by atoms with van der Waals surface area (Å²) in [7, 11) is 1.58. The number of hydrogen-bond donors (Lipinski definition) is 1. The van der Waals surface area contributed by atoms with Crippen LogP contribution >= 0.6 is 12.4 Å². The van der Waals surface area contributed by atoms with Crippen LogP contribution in [0.5, 0.6) is 5.75 Å². The third-order valence-electron chi connectivity index (χ3n) is 5.17. The zero-order chi connectivity index (χ0) is 20.1. The first-order valence-electron chi connectivity index (χ1n) is 9.96. The van der Waals surface area contributed by atoms with E-state index in [0.717, 1.165) is 25.9 Å². The van der Waals surface area contributed by atoms with Crippen LogP contribution in [0.15, 0.2) is 23.0 Å². The topological polar surface area (TPSA) is 77.7 Å². The lowest BCUT2D eigenvalue weighted by atomic mass is 10.2. The Bertz CT molecular complexity index is 873. The Labute approximate surface area is 177 Å². The van der Waals surface area contributed by atoms with Crippen LogP contribution in [0.1, 0.15) is 26.7 Å². The van der Waals surface area contributed by atoms with Crippen LogP contribution in [0.3, 0.4) is 0 Å². The lowest BCUT2D eigenvalue weighted by Crippen LogP contribution is -2.42. The number of amides is 1. The predicted molar refractivity (Wildman–Crippen MR) is 116 cm³/mol. The SMILES string of the molecule is CCC[C@H](C)NC(=O)n1c(=O)n(CCN2CCOCC2)c2c(OC)cccc21.Cl. The third kappa shape index (κ3) is 5.12.